The largest absolute Gasteiger partial charge is 0.338 e. The smallest absolute Gasteiger partial charge is 0.315 e. The minimum Gasteiger partial charge on any atom is -0.338 e. The Bertz CT molecular complexity index is 559. The van der Waals surface area contributed by atoms with E-state index in [-0.39, 0.29) is 29.5 Å². The van der Waals surface area contributed by atoms with Gasteiger partial charge in [0.05, 0.1) is 17.5 Å². The van der Waals surface area contributed by atoms with E-state index >= 15 is 0 Å². The number of pyridine rings is 1. The molecule has 1 aliphatic rings. The quantitative estimate of drug-likeness (QED) is 0.863. The predicted octanol–water partition coefficient (Wildman–Crippen LogP) is 0.876. The van der Waals surface area contributed by atoms with Crippen molar-refractivity contribution in [1.29, 1.82) is 0 Å². The first kappa shape index (κ1) is 14.8. The highest BCUT2D eigenvalue weighted by Gasteiger charge is 2.27. The Hall–Kier alpha value is -1.63. The molecule has 1 aromatic rings. The van der Waals surface area contributed by atoms with Crippen molar-refractivity contribution < 1.29 is 13.2 Å². The van der Waals surface area contributed by atoms with Crippen LogP contribution in [0.15, 0.2) is 24.5 Å². The lowest BCUT2D eigenvalue weighted by atomic mass is 10.1. The summed E-state index contributed by atoms with van der Waals surface area (Å²) in [7, 11) is -2.89. The van der Waals surface area contributed by atoms with Gasteiger partial charge in [0.1, 0.15) is 0 Å². The predicted molar refractivity (Wildman–Crippen MR) is 75.9 cm³/mol. The third-order valence-electron chi connectivity index (χ3n) is 3.41. The van der Waals surface area contributed by atoms with Crippen LogP contribution in [0.3, 0.4) is 0 Å². The molecule has 6 nitrogen and oxygen atoms in total. The molecule has 0 bridgehead atoms. The molecule has 2 N–H and O–H groups in total. The minimum atomic E-state index is -2.89. The second kappa shape index (κ2) is 6.21. The first-order chi connectivity index (χ1) is 9.46. The maximum Gasteiger partial charge on any atom is 0.315 e. The van der Waals surface area contributed by atoms with Crippen LogP contribution < -0.4 is 10.6 Å². The van der Waals surface area contributed by atoms with E-state index in [0.717, 1.165) is 5.56 Å². The number of aromatic nitrogens is 1. The Morgan fingerprint density at radius 3 is 2.95 bits per heavy atom. The van der Waals surface area contributed by atoms with Gasteiger partial charge in [-0.15, -0.1) is 0 Å². The zero-order valence-corrected chi connectivity index (χ0v) is 12.2. The standard InChI is InChI=1S/C13H19N3O3S/c1-10(12-3-2-5-14-8-12)16-13(17)15-7-11-4-6-20(18,19)9-11/h2-3,5,8,10-11H,4,6-7,9H2,1H3,(H2,15,16,17). The molecular weight excluding hydrogens is 278 g/mol. The van der Waals surface area contributed by atoms with Crippen LogP contribution in [0.4, 0.5) is 4.79 Å². The van der Waals surface area contributed by atoms with Crippen LogP contribution in [0, 0.1) is 5.92 Å². The van der Waals surface area contributed by atoms with E-state index in [1.165, 1.54) is 0 Å². The summed E-state index contributed by atoms with van der Waals surface area (Å²) in [5.41, 5.74) is 0.922. The van der Waals surface area contributed by atoms with Gasteiger partial charge in [0.15, 0.2) is 9.84 Å². The first-order valence-corrected chi connectivity index (χ1v) is 8.43. The summed E-state index contributed by atoms with van der Waals surface area (Å²) >= 11 is 0. The van der Waals surface area contributed by atoms with Crippen LogP contribution in [-0.4, -0.2) is 37.5 Å². The van der Waals surface area contributed by atoms with Gasteiger partial charge in [-0.3, -0.25) is 4.98 Å². The van der Waals surface area contributed by atoms with Gasteiger partial charge in [-0.05, 0) is 30.9 Å². The molecule has 2 heterocycles. The maximum absolute atomic E-state index is 11.8. The van der Waals surface area contributed by atoms with E-state index in [9.17, 15) is 13.2 Å². The highest BCUT2D eigenvalue weighted by atomic mass is 32.2. The Kier molecular flexibility index (Phi) is 4.59. The molecule has 2 rings (SSSR count). The van der Waals surface area contributed by atoms with Crippen LogP contribution in [-0.2, 0) is 9.84 Å². The Balaban J connectivity index is 1.76. The van der Waals surface area contributed by atoms with Gasteiger partial charge < -0.3 is 10.6 Å². The number of urea groups is 1. The van der Waals surface area contributed by atoms with Crippen molar-refractivity contribution in [2.45, 2.75) is 19.4 Å². The maximum atomic E-state index is 11.8. The van der Waals surface area contributed by atoms with Crippen LogP contribution in [0.1, 0.15) is 24.9 Å². The SMILES string of the molecule is CC(NC(=O)NCC1CCS(=O)(=O)C1)c1cccnc1. The fourth-order valence-corrected chi connectivity index (χ4v) is 4.10. The molecule has 7 heteroatoms. The molecule has 2 unspecified atom stereocenters. The molecule has 2 atom stereocenters. The van der Waals surface area contributed by atoms with Crippen LogP contribution in [0.25, 0.3) is 0 Å². The molecule has 20 heavy (non-hydrogen) atoms. The molecule has 2 amide bonds. The summed E-state index contributed by atoms with van der Waals surface area (Å²) in [6, 6.07) is 3.28. The van der Waals surface area contributed by atoms with E-state index in [0.29, 0.717) is 13.0 Å². The summed E-state index contributed by atoms with van der Waals surface area (Å²) in [6.07, 6.45) is 4.01. The van der Waals surface area contributed by atoms with Gasteiger partial charge in [-0.25, -0.2) is 13.2 Å². The second-order valence-electron chi connectivity index (χ2n) is 5.13. The first-order valence-electron chi connectivity index (χ1n) is 6.61. The summed E-state index contributed by atoms with van der Waals surface area (Å²) < 4.78 is 22.6. The summed E-state index contributed by atoms with van der Waals surface area (Å²) in [5, 5.41) is 5.53. The van der Waals surface area contributed by atoms with Gasteiger partial charge in [0.25, 0.3) is 0 Å². The zero-order chi connectivity index (χ0) is 14.6. The number of carbonyl (C=O) groups is 1. The highest BCUT2D eigenvalue weighted by Crippen LogP contribution is 2.17. The monoisotopic (exact) mass is 297 g/mol. The summed E-state index contributed by atoms with van der Waals surface area (Å²) in [4.78, 5) is 15.8. The van der Waals surface area contributed by atoms with Crippen molar-refractivity contribution in [2.24, 2.45) is 5.92 Å². The average molecular weight is 297 g/mol. The molecule has 0 radical (unpaired) electrons. The molecule has 1 aromatic heterocycles. The van der Waals surface area contributed by atoms with Gasteiger partial charge >= 0.3 is 6.03 Å². The van der Waals surface area contributed by atoms with Crippen molar-refractivity contribution in [3.8, 4) is 0 Å². The van der Waals surface area contributed by atoms with E-state index in [1.54, 1.807) is 12.4 Å². The van der Waals surface area contributed by atoms with Crippen molar-refractivity contribution in [3.05, 3.63) is 30.1 Å². The summed E-state index contributed by atoms with van der Waals surface area (Å²) in [6.45, 7) is 2.27. The Morgan fingerprint density at radius 1 is 1.55 bits per heavy atom. The summed E-state index contributed by atoms with van der Waals surface area (Å²) in [5.74, 6) is 0.429. The van der Waals surface area contributed by atoms with E-state index in [1.807, 2.05) is 19.1 Å². The Labute approximate surface area is 118 Å². The molecule has 0 spiro atoms. The number of nitrogens with zero attached hydrogens (tertiary/aromatic N) is 1. The lowest BCUT2D eigenvalue weighted by Gasteiger charge is -2.16. The van der Waals surface area contributed by atoms with E-state index in [4.69, 9.17) is 0 Å². The molecule has 1 saturated heterocycles. The fraction of sp³-hybridized carbons (Fsp3) is 0.538. The van der Waals surface area contributed by atoms with E-state index in [2.05, 4.69) is 15.6 Å². The number of nitrogens with one attached hydrogen (secondary N) is 2. The number of rotatable bonds is 4. The third kappa shape index (κ3) is 4.19. The van der Waals surface area contributed by atoms with Gasteiger partial charge in [0.2, 0.25) is 0 Å². The number of sulfone groups is 1. The average Bonchev–Trinajstić information content (AvgIpc) is 2.77. The van der Waals surface area contributed by atoms with Gasteiger partial charge in [-0.1, -0.05) is 6.07 Å². The van der Waals surface area contributed by atoms with Gasteiger partial charge in [-0.2, -0.15) is 0 Å². The normalized spacial score (nSPS) is 22.1. The van der Waals surface area contributed by atoms with Crippen LogP contribution >= 0.6 is 0 Å². The molecular formula is C13H19N3O3S. The highest BCUT2D eigenvalue weighted by molar-refractivity contribution is 7.91. The lowest BCUT2D eigenvalue weighted by molar-refractivity contribution is 0.236. The molecule has 1 aliphatic heterocycles. The molecule has 0 aromatic carbocycles. The second-order valence-corrected chi connectivity index (χ2v) is 7.36. The van der Waals surface area contributed by atoms with Crippen molar-refractivity contribution in [2.75, 3.05) is 18.1 Å². The Morgan fingerprint density at radius 2 is 2.35 bits per heavy atom. The van der Waals surface area contributed by atoms with Gasteiger partial charge in [0, 0.05) is 18.9 Å². The van der Waals surface area contributed by atoms with Crippen molar-refractivity contribution in [1.82, 2.24) is 15.6 Å². The number of amides is 2. The minimum absolute atomic E-state index is 0.0273. The van der Waals surface area contributed by atoms with Crippen LogP contribution in [0.2, 0.25) is 0 Å². The van der Waals surface area contributed by atoms with Crippen molar-refractivity contribution >= 4 is 15.9 Å². The number of hydrogen-bond donors (Lipinski definition) is 2. The lowest BCUT2D eigenvalue weighted by Crippen LogP contribution is -2.39. The topological polar surface area (TPSA) is 88.2 Å². The molecule has 110 valence electrons. The zero-order valence-electron chi connectivity index (χ0n) is 11.4. The van der Waals surface area contributed by atoms with Crippen LogP contribution in [0.5, 0.6) is 0 Å². The molecule has 1 fully saturated rings. The molecule has 0 saturated carbocycles. The van der Waals surface area contributed by atoms with E-state index < -0.39 is 9.84 Å². The number of carbonyl (C=O) groups excluding carboxylic acids is 1. The molecule has 0 aliphatic carbocycles. The fourth-order valence-electron chi connectivity index (χ4n) is 2.23. The third-order valence-corrected chi connectivity index (χ3v) is 5.25. The van der Waals surface area contributed by atoms with Crippen molar-refractivity contribution in [3.63, 3.8) is 0 Å². The number of hydrogen-bond acceptors (Lipinski definition) is 4.